The summed E-state index contributed by atoms with van der Waals surface area (Å²) in [4.78, 5) is 36.0. The summed E-state index contributed by atoms with van der Waals surface area (Å²) in [7, 11) is 2.64. The maximum atomic E-state index is 13.1. The number of likely N-dealkylation sites (N-methyl/N-ethyl adjacent to an activating group) is 1. The Bertz CT molecular complexity index is 831. The molecule has 0 aromatic heterocycles. The summed E-state index contributed by atoms with van der Waals surface area (Å²) in [6, 6.07) is 0.951. The number of benzene rings is 1. The van der Waals surface area contributed by atoms with Gasteiger partial charge in [0.25, 0.3) is 0 Å². The number of rotatable bonds is 11. The number of carboxylic acid groups (broad SMARTS) is 1. The second-order valence-corrected chi connectivity index (χ2v) is 7.38. The van der Waals surface area contributed by atoms with E-state index in [9.17, 15) is 40.7 Å². The van der Waals surface area contributed by atoms with Crippen molar-refractivity contribution in [3.63, 3.8) is 0 Å². The lowest BCUT2D eigenvalue weighted by molar-refractivity contribution is -0.286. The number of aliphatic carboxylic acids is 1. The quantitative estimate of drug-likeness (QED) is 0.345. The van der Waals surface area contributed by atoms with Gasteiger partial charge in [-0.3, -0.25) is 19.7 Å². The van der Waals surface area contributed by atoms with Crippen molar-refractivity contribution in [3.8, 4) is 5.75 Å². The number of carbonyl (C=O) groups is 3. The van der Waals surface area contributed by atoms with E-state index in [-0.39, 0.29) is 6.42 Å². The second-order valence-electron chi connectivity index (χ2n) is 7.38. The molecule has 0 heterocycles. The highest BCUT2D eigenvalue weighted by molar-refractivity contribution is 5.90. The van der Waals surface area contributed by atoms with Crippen molar-refractivity contribution in [1.29, 1.82) is 0 Å². The smallest absolute Gasteiger partial charge is 0.400 e. The van der Waals surface area contributed by atoms with Crippen LogP contribution >= 0.6 is 0 Å². The fourth-order valence-electron chi connectivity index (χ4n) is 2.97. The SMILES string of the molecule is CNC(=O)[C@H](Cc1ccc(OC)cc1)NC(=O)[C@H](CC(C(F)(F)F)C(F)(F)F)N[C@H](C)C(=O)O. The van der Waals surface area contributed by atoms with Gasteiger partial charge in [-0.05, 0) is 31.0 Å². The van der Waals surface area contributed by atoms with Gasteiger partial charge in [-0.15, -0.1) is 0 Å². The van der Waals surface area contributed by atoms with Crippen LogP contribution in [0.5, 0.6) is 5.75 Å². The summed E-state index contributed by atoms with van der Waals surface area (Å²) in [5, 5.41) is 15.3. The third-order valence-electron chi connectivity index (χ3n) is 4.88. The van der Waals surface area contributed by atoms with Crippen LogP contribution < -0.4 is 20.7 Å². The zero-order valence-corrected chi connectivity index (χ0v) is 18.4. The number of amides is 2. The second kappa shape index (κ2) is 11.9. The molecule has 0 aliphatic carbocycles. The van der Waals surface area contributed by atoms with Crippen molar-refractivity contribution in [1.82, 2.24) is 16.0 Å². The van der Waals surface area contributed by atoms with Gasteiger partial charge in [0, 0.05) is 13.5 Å². The molecule has 0 aliphatic rings. The molecule has 8 nitrogen and oxygen atoms in total. The van der Waals surface area contributed by atoms with Crippen LogP contribution in [0.4, 0.5) is 26.3 Å². The third kappa shape index (κ3) is 8.72. The highest BCUT2D eigenvalue weighted by Crippen LogP contribution is 2.42. The lowest BCUT2D eigenvalue weighted by Gasteiger charge is -2.29. The maximum absolute atomic E-state index is 13.1. The normalized spacial score (nSPS) is 14.8. The highest BCUT2D eigenvalue weighted by Gasteiger charge is 2.57. The monoisotopic (exact) mass is 501 g/mol. The molecule has 34 heavy (non-hydrogen) atoms. The van der Waals surface area contributed by atoms with E-state index in [0.29, 0.717) is 11.3 Å². The summed E-state index contributed by atoms with van der Waals surface area (Å²) in [6.45, 7) is 0.951. The average Bonchev–Trinajstić information content (AvgIpc) is 2.73. The third-order valence-corrected chi connectivity index (χ3v) is 4.88. The minimum atomic E-state index is -5.74. The molecule has 0 spiro atoms. The van der Waals surface area contributed by atoms with Gasteiger partial charge in [0.05, 0.1) is 13.2 Å². The summed E-state index contributed by atoms with van der Waals surface area (Å²) in [6.07, 6.45) is -13.5. The van der Waals surface area contributed by atoms with E-state index in [2.05, 4.69) is 10.6 Å². The topological polar surface area (TPSA) is 117 Å². The predicted octanol–water partition coefficient (Wildman–Crippen LogP) is 2.03. The van der Waals surface area contributed by atoms with E-state index in [1.54, 1.807) is 24.3 Å². The van der Waals surface area contributed by atoms with Crippen molar-refractivity contribution in [2.75, 3.05) is 14.2 Å². The molecule has 0 bridgehead atoms. The van der Waals surface area contributed by atoms with E-state index in [1.807, 2.05) is 5.32 Å². The van der Waals surface area contributed by atoms with Crippen LogP contribution in [0.25, 0.3) is 0 Å². The molecule has 1 aromatic rings. The van der Waals surface area contributed by atoms with Gasteiger partial charge in [-0.25, -0.2) is 0 Å². The van der Waals surface area contributed by atoms with E-state index >= 15 is 0 Å². The molecule has 0 radical (unpaired) electrons. The number of methoxy groups -OCH3 is 1. The molecule has 0 aliphatic heterocycles. The molecule has 0 saturated carbocycles. The Morgan fingerprint density at radius 3 is 1.91 bits per heavy atom. The van der Waals surface area contributed by atoms with Gasteiger partial charge in [-0.2, -0.15) is 26.3 Å². The molecule has 14 heteroatoms. The van der Waals surface area contributed by atoms with Crippen LogP contribution in [0.3, 0.4) is 0 Å². The summed E-state index contributed by atoms with van der Waals surface area (Å²) in [5.41, 5.74) is 0.501. The zero-order chi connectivity index (χ0) is 26.3. The molecule has 192 valence electrons. The molecule has 1 rings (SSSR count). The molecule has 2 amide bonds. The summed E-state index contributed by atoms with van der Waals surface area (Å²) >= 11 is 0. The lowest BCUT2D eigenvalue weighted by atomic mass is 9.96. The van der Waals surface area contributed by atoms with Gasteiger partial charge in [-0.1, -0.05) is 12.1 Å². The first kappa shape index (κ1) is 29.0. The van der Waals surface area contributed by atoms with Crippen LogP contribution in [-0.4, -0.2) is 67.5 Å². The van der Waals surface area contributed by atoms with Crippen molar-refractivity contribution in [2.45, 2.75) is 50.2 Å². The number of hydrogen-bond donors (Lipinski definition) is 4. The Hall–Kier alpha value is -3.03. The van der Waals surface area contributed by atoms with Gasteiger partial charge in [0.1, 0.15) is 17.8 Å². The summed E-state index contributed by atoms with van der Waals surface area (Å²) in [5.74, 6) is -7.17. The van der Waals surface area contributed by atoms with Gasteiger partial charge in [0.2, 0.25) is 11.8 Å². The minimum Gasteiger partial charge on any atom is -0.497 e. The first-order chi connectivity index (χ1) is 15.6. The van der Waals surface area contributed by atoms with E-state index in [0.717, 1.165) is 6.92 Å². The zero-order valence-electron chi connectivity index (χ0n) is 18.4. The van der Waals surface area contributed by atoms with Crippen LogP contribution in [0.1, 0.15) is 18.9 Å². The van der Waals surface area contributed by atoms with Gasteiger partial charge in [0.15, 0.2) is 5.92 Å². The van der Waals surface area contributed by atoms with Gasteiger partial charge >= 0.3 is 18.3 Å². The minimum absolute atomic E-state index is 0.154. The Labute approximate surface area is 191 Å². The standard InChI is InChI=1S/C20H25F6N3O5/c1-10(18(32)33)28-14(9-15(19(21,22)23)20(24,25)26)17(31)29-13(16(30)27-2)8-11-4-6-12(34-3)7-5-11/h4-7,10,13-15,28H,8-9H2,1-3H3,(H,27,30)(H,29,31)(H,32,33)/t10-,13+,14+/m1/s1. The van der Waals surface area contributed by atoms with Crippen molar-refractivity contribution < 1.29 is 50.6 Å². The van der Waals surface area contributed by atoms with Crippen molar-refractivity contribution in [3.05, 3.63) is 29.8 Å². The van der Waals surface area contributed by atoms with E-state index in [4.69, 9.17) is 9.84 Å². The lowest BCUT2D eigenvalue weighted by Crippen LogP contribution is -2.57. The molecule has 0 saturated heterocycles. The first-order valence-corrected chi connectivity index (χ1v) is 9.87. The van der Waals surface area contributed by atoms with Crippen molar-refractivity contribution in [2.24, 2.45) is 5.92 Å². The number of nitrogens with one attached hydrogen (secondary N) is 3. The molecule has 0 unspecified atom stereocenters. The van der Waals surface area contributed by atoms with Crippen molar-refractivity contribution >= 4 is 17.8 Å². The largest absolute Gasteiger partial charge is 0.497 e. The number of ether oxygens (including phenoxy) is 1. The van der Waals surface area contributed by atoms with Crippen LogP contribution in [0, 0.1) is 5.92 Å². The number of hydrogen-bond acceptors (Lipinski definition) is 5. The first-order valence-electron chi connectivity index (χ1n) is 9.87. The van der Waals surface area contributed by atoms with Crippen LogP contribution in [0.2, 0.25) is 0 Å². The average molecular weight is 501 g/mol. The number of halogens is 6. The number of alkyl halides is 6. The molecule has 0 fully saturated rings. The predicted molar refractivity (Wildman–Crippen MR) is 107 cm³/mol. The fourth-order valence-corrected chi connectivity index (χ4v) is 2.97. The number of carbonyl (C=O) groups excluding carboxylic acids is 2. The van der Waals surface area contributed by atoms with Crippen LogP contribution in [-0.2, 0) is 20.8 Å². The Morgan fingerprint density at radius 1 is 0.971 bits per heavy atom. The molecular formula is C20H25F6N3O5. The molecule has 3 atom stereocenters. The highest BCUT2D eigenvalue weighted by atomic mass is 19.4. The fraction of sp³-hybridized carbons (Fsp3) is 0.550. The molecular weight excluding hydrogens is 476 g/mol. The maximum Gasteiger partial charge on any atom is 0.400 e. The Balaban J connectivity index is 3.20. The number of carboxylic acids is 1. The molecule has 4 N–H and O–H groups in total. The van der Waals surface area contributed by atoms with E-state index < -0.39 is 60.6 Å². The van der Waals surface area contributed by atoms with Crippen LogP contribution in [0.15, 0.2) is 24.3 Å². The summed E-state index contributed by atoms with van der Waals surface area (Å²) < 4.78 is 83.4. The van der Waals surface area contributed by atoms with E-state index in [1.165, 1.54) is 14.2 Å². The Kier molecular flexibility index (Phi) is 10.2. The van der Waals surface area contributed by atoms with Gasteiger partial charge < -0.3 is 20.5 Å². The molecule has 1 aromatic carbocycles. The Morgan fingerprint density at radius 2 is 1.50 bits per heavy atom.